The van der Waals surface area contributed by atoms with Gasteiger partial charge in [-0.15, -0.1) is 0 Å². The fourth-order valence-electron chi connectivity index (χ4n) is 4.86. The maximum atomic E-state index is 14.0. The summed E-state index contributed by atoms with van der Waals surface area (Å²) in [6, 6.07) is 3.16. The van der Waals surface area contributed by atoms with E-state index >= 15 is 0 Å². The third kappa shape index (κ3) is 4.33. The Morgan fingerprint density at radius 2 is 2.06 bits per heavy atom. The minimum atomic E-state index is -0.758. The Kier molecular flexibility index (Phi) is 6.73. The number of halogens is 2. The van der Waals surface area contributed by atoms with Gasteiger partial charge in [0, 0.05) is 49.9 Å². The Labute approximate surface area is 203 Å². The molecule has 0 radical (unpaired) electrons. The molecule has 35 heavy (non-hydrogen) atoms. The van der Waals surface area contributed by atoms with E-state index in [2.05, 4.69) is 35.7 Å². The zero-order valence-electron chi connectivity index (χ0n) is 20.7. The van der Waals surface area contributed by atoms with E-state index in [9.17, 15) is 18.4 Å². The molecule has 1 N–H and O–H groups in total. The van der Waals surface area contributed by atoms with Gasteiger partial charge in [-0.1, -0.05) is 26.5 Å². The summed E-state index contributed by atoms with van der Waals surface area (Å²) in [5, 5.41) is 4.78. The molecule has 2 aromatic rings. The van der Waals surface area contributed by atoms with Crippen LogP contribution in [0.15, 0.2) is 35.8 Å². The molecule has 3 heterocycles. The number of rotatable bonds is 6. The number of carbonyl (C=O) groups excluding carboxylic acids is 1. The van der Waals surface area contributed by atoms with E-state index in [1.54, 1.807) is 13.1 Å². The van der Waals surface area contributed by atoms with Crippen molar-refractivity contribution in [1.82, 2.24) is 14.9 Å². The minimum Gasteiger partial charge on any atom is -0.377 e. The molecule has 7 nitrogen and oxygen atoms in total. The van der Waals surface area contributed by atoms with E-state index in [0.29, 0.717) is 42.6 Å². The van der Waals surface area contributed by atoms with Crippen molar-refractivity contribution in [3.05, 3.63) is 75.2 Å². The third-order valence-electron chi connectivity index (χ3n) is 7.06. The molecule has 9 heteroatoms. The van der Waals surface area contributed by atoms with Crippen LogP contribution in [0.25, 0.3) is 5.70 Å². The molecule has 2 aliphatic heterocycles. The van der Waals surface area contributed by atoms with E-state index in [4.69, 9.17) is 4.74 Å². The van der Waals surface area contributed by atoms with E-state index in [1.165, 1.54) is 6.07 Å². The first kappa shape index (κ1) is 24.9. The highest BCUT2D eigenvalue weighted by Crippen LogP contribution is 2.39. The van der Waals surface area contributed by atoms with Gasteiger partial charge in [-0.05, 0) is 25.3 Å². The summed E-state index contributed by atoms with van der Waals surface area (Å²) in [5.74, 6) is -1.63. The first-order valence-corrected chi connectivity index (χ1v) is 11.8. The number of nitrogens with one attached hydrogen (secondary N) is 1. The maximum Gasteiger partial charge on any atom is 0.257 e. The monoisotopic (exact) mass is 486 g/mol. The second-order valence-corrected chi connectivity index (χ2v) is 9.70. The highest BCUT2D eigenvalue weighted by Gasteiger charge is 2.49. The molecule has 0 saturated carbocycles. The van der Waals surface area contributed by atoms with Crippen LogP contribution in [0, 0.1) is 24.5 Å². The zero-order chi connectivity index (χ0) is 25.5. The van der Waals surface area contributed by atoms with Gasteiger partial charge in [0.15, 0.2) is 11.1 Å². The fraction of sp³-hybridized carbons (Fsp3) is 0.462. The van der Waals surface area contributed by atoms with Crippen molar-refractivity contribution in [2.45, 2.75) is 45.8 Å². The first-order valence-electron chi connectivity index (χ1n) is 11.8. The van der Waals surface area contributed by atoms with Gasteiger partial charge in [0.1, 0.15) is 17.2 Å². The molecule has 0 bridgehead atoms. The third-order valence-corrected chi connectivity index (χ3v) is 7.06. The summed E-state index contributed by atoms with van der Waals surface area (Å²) < 4.78 is 34.9. The van der Waals surface area contributed by atoms with E-state index in [0.717, 1.165) is 25.0 Å². The van der Waals surface area contributed by atoms with Crippen molar-refractivity contribution >= 4 is 11.6 Å². The predicted molar refractivity (Wildman–Crippen MR) is 130 cm³/mol. The number of carbonyl (C=O) groups is 1. The van der Waals surface area contributed by atoms with Gasteiger partial charge in [0.25, 0.3) is 5.91 Å². The second-order valence-electron chi connectivity index (χ2n) is 9.70. The largest absolute Gasteiger partial charge is 0.377 e. The van der Waals surface area contributed by atoms with E-state index < -0.39 is 28.6 Å². The number of likely N-dealkylation sites (N-methyl/N-ethyl adjacent to an activating group) is 1. The molecule has 188 valence electrons. The Balaban J connectivity index is 1.74. The molecule has 1 unspecified atom stereocenters. The van der Waals surface area contributed by atoms with Crippen molar-refractivity contribution < 1.29 is 18.3 Å². The highest BCUT2D eigenvalue weighted by molar-refractivity contribution is 5.94. The number of amides is 1. The first-order chi connectivity index (χ1) is 16.6. The summed E-state index contributed by atoms with van der Waals surface area (Å²) in [6.45, 7) is 11.8. The van der Waals surface area contributed by atoms with Crippen LogP contribution in [-0.2, 0) is 11.3 Å². The Morgan fingerprint density at radius 3 is 2.69 bits per heavy atom. The molecular formula is C26H32F2N4O3. The van der Waals surface area contributed by atoms with Crippen LogP contribution >= 0.6 is 0 Å². The van der Waals surface area contributed by atoms with Crippen LogP contribution in [0.3, 0.4) is 0 Å². The summed E-state index contributed by atoms with van der Waals surface area (Å²) >= 11 is 0. The lowest BCUT2D eigenvalue weighted by Gasteiger charge is -2.54. The van der Waals surface area contributed by atoms with Gasteiger partial charge < -0.3 is 15.0 Å². The number of aromatic nitrogens is 1. The Bertz CT molecular complexity index is 1220. The molecule has 1 aromatic heterocycles. The zero-order valence-corrected chi connectivity index (χ0v) is 20.7. The molecule has 4 rings (SSSR count). The smallest absolute Gasteiger partial charge is 0.257 e. The normalized spacial score (nSPS) is 19.6. The van der Waals surface area contributed by atoms with Gasteiger partial charge in [0.2, 0.25) is 0 Å². The van der Waals surface area contributed by atoms with Crippen LogP contribution in [0.2, 0.25) is 0 Å². The minimum absolute atomic E-state index is 0.0465. The summed E-state index contributed by atoms with van der Waals surface area (Å²) in [7, 11) is 1.96. The van der Waals surface area contributed by atoms with Gasteiger partial charge in [-0.2, -0.15) is 0 Å². The van der Waals surface area contributed by atoms with Crippen LogP contribution in [0.5, 0.6) is 0 Å². The number of benzene rings is 1. The molecule has 1 saturated heterocycles. The number of fused-ring (bicyclic) bond motifs is 1. The maximum absolute atomic E-state index is 14.0. The van der Waals surface area contributed by atoms with Gasteiger partial charge in [0.05, 0.1) is 24.6 Å². The Hall–Kier alpha value is -3.20. The summed E-state index contributed by atoms with van der Waals surface area (Å²) in [6.07, 6.45) is 3.20. The van der Waals surface area contributed by atoms with E-state index in [1.807, 2.05) is 11.7 Å². The van der Waals surface area contributed by atoms with Crippen molar-refractivity contribution in [2.24, 2.45) is 5.92 Å². The van der Waals surface area contributed by atoms with Crippen molar-refractivity contribution in [1.29, 1.82) is 0 Å². The topological polar surface area (TPSA) is 66.8 Å². The molecule has 1 aromatic carbocycles. The van der Waals surface area contributed by atoms with Crippen LogP contribution in [0.1, 0.15) is 53.9 Å². The number of ether oxygens (including phenoxy) is 1. The number of pyridine rings is 1. The predicted octanol–water partition coefficient (Wildman–Crippen LogP) is 3.38. The molecule has 0 aliphatic carbocycles. The summed E-state index contributed by atoms with van der Waals surface area (Å²) in [5.41, 5.74) is 0.938. The SMILES string of the molecule is C=C1c2c(C)c(=O)c(C(=O)NCc3ccc(F)cc3F)cn2N(CCC(C)C)C2(CCOC2)N1C. The lowest BCUT2D eigenvalue weighted by atomic mass is 9.99. The van der Waals surface area contributed by atoms with Crippen molar-refractivity contribution in [3.8, 4) is 0 Å². The fourth-order valence-corrected chi connectivity index (χ4v) is 4.86. The highest BCUT2D eigenvalue weighted by atomic mass is 19.1. The van der Waals surface area contributed by atoms with Gasteiger partial charge >= 0.3 is 0 Å². The van der Waals surface area contributed by atoms with Crippen LogP contribution in [0.4, 0.5) is 8.78 Å². The molecule has 1 fully saturated rings. The molecular weight excluding hydrogens is 454 g/mol. The standard InChI is InChI=1S/C26H32F2N4O3/c1-16(2)8-10-32-26(9-11-35-15-26)30(5)18(4)23-17(3)24(33)21(14-31(23)32)25(34)29-13-19-6-7-20(27)12-22(19)28/h6-7,12,14,16H,4,8-11,13,15H2,1-3,5H3,(H,29,34). The second kappa shape index (κ2) is 9.45. The molecule has 1 atom stereocenters. The lowest BCUT2D eigenvalue weighted by molar-refractivity contribution is 0.0908. The molecule has 2 aliphatic rings. The number of hydrogen-bond acceptors (Lipinski definition) is 5. The number of nitrogens with zero attached hydrogens (tertiary/aromatic N) is 3. The molecule has 1 amide bonds. The molecule has 1 spiro atoms. The van der Waals surface area contributed by atoms with Crippen molar-refractivity contribution in [3.63, 3.8) is 0 Å². The van der Waals surface area contributed by atoms with Gasteiger partial charge in [-0.25, -0.2) is 8.78 Å². The van der Waals surface area contributed by atoms with E-state index in [-0.39, 0.29) is 17.7 Å². The average Bonchev–Trinajstić information content (AvgIpc) is 3.29. The average molecular weight is 487 g/mol. The quantitative estimate of drug-likeness (QED) is 0.678. The number of hydrogen-bond donors (Lipinski definition) is 1. The van der Waals surface area contributed by atoms with Crippen LogP contribution < -0.4 is 15.8 Å². The van der Waals surface area contributed by atoms with Gasteiger partial charge in [-0.3, -0.25) is 19.3 Å². The summed E-state index contributed by atoms with van der Waals surface area (Å²) in [4.78, 5) is 28.4. The lowest BCUT2D eigenvalue weighted by Crippen LogP contribution is -2.67. The van der Waals surface area contributed by atoms with Crippen LogP contribution in [-0.4, -0.2) is 48.0 Å². The Morgan fingerprint density at radius 1 is 1.31 bits per heavy atom. The van der Waals surface area contributed by atoms with Crippen molar-refractivity contribution in [2.75, 3.05) is 31.8 Å².